The van der Waals surface area contributed by atoms with E-state index >= 15 is 0 Å². The Morgan fingerprint density at radius 3 is 2.19 bits per heavy atom. The number of aliphatic carboxylic acids is 1. The number of nitrogens with one attached hydrogen (secondary N) is 2. The van der Waals surface area contributed by atoms with E-state index in [0.717, 1.165) is 19.3 Å². The third-order valence-corrected chi connectivity index (χ3v) is 6.56. The molecule has 0 unspecified atom stereocenters. The Hall–Kier alpha value is -3.01. The number of carbonyl (C=O) groups excluding carboxylic acids is 3. The molecule has 0 fully saturated rings. The second-order valence-electron chi connectivity index (χ2n) is 9.73. The van der Waals surface area contributed by atoms with Gasteiger partial charge in [0.05, 0.1) is 6.42 Å². The van der Waals surface area contributed by atoms with Crippen LogP contribution in [-0.4, -0.2) is 53.1 Å². The molecule has 0 saturated heterocycles. The van der Waals surface area contributed by atoms with Crippen molar-refractivity contribution in [2.45, 2.75) is 97.4 Å². The van der Waals surface area contributed by atoms with Gasteiger partial charge in [0, 0.05) is 6.42 Å². The number of hydrogen-bond acceptors (Lipinski definition) is 6. The summed E-state index contributed by atoms with van der Waals surface area (Å²) in [6.45, 7) is 9.01. The summed E-state index contributed by atoms with van der Waals surface area (Å²) >= 11 is 0. The van der Waals surface area contributed by atoms with Crippen molar-refractivity contribution < 1.29 is 33.4 Å². The van der Waals surface area contributed by atoms with Crippen LogP contribution < -0.4 is 16.4 Å². The lowest BCUT2D eigenvalue weighted by atomic mass is 9.94. The zero-order valence-corrected chi connectivity index (χ0v) is 22.5. The molecular weight excluding hydrogens is 481 g/mol. The van der Waals surface area contributed by atoms with Crippen LogP contribution in [0.15, 0.2) is 24.3 Å². The molecule has 1 aromatic rings. The lowest BCUT2D eigenvalue weighted by Crippen LogP contribution is -2.52. The third-order valence-electron chi connectivity index (χ3n) is 6.56. The third kappa shape index (κ3) is 11.3. The predicted octanol–water partition coefficient (Wildman–Crippen LogP) is 2.94. The fraction of sp³-hybridized carbons (Fsp3) is 0.630. The molecule has 5 N–H and O–H groups in total. The van der Waals surface area contributed by atoms with Crippen molar-refractivity contribution in [1.29, 1.82) is 0 Å². The van der Waals surface area contributed by atoms with Gasteiger partial charge in [0.25, 0.3) is 0 Å². The monoisotopic (exact) mass is 523 g/mol. The summed E-state index contributed by atoms with van der Waals surface area (Å²) in [5.41, 5.74) is 6.61. The fourth-order valence-electron chi connectivity index (χ4n) is 3.66. The summed E-state index contributed by atoms with van der Waals surface area (Å²) < 4.78 is 19.0. The topological polar surface area (TPSA) is 148 Å². The Morgan fingerprint density at radius 2 is 1.65 bits per heavy atom. The van der Waals surface area contributed by atoms with Crippen molar-refractivity contribution in [3.8, 4) is 0 Å². The normalized spacial score (nSPS) is 16.0. The van der Waals surface area contributed by atoms with Gasteiger partial charge < -0.3 is 26.2 Å². The Balaban J connectivity index is 3.05. The quantitative estimate of drug-likeness (QED) is 0.244. The minimum atomic E-state index is -1.23. The van der Waals surface area contributed by atoms with Crippen LogP contribution in [0.1, 0.15) is 72.3 Å². The number of rotatable bonds is 16. The largest absolute Gasteiger partial charge is 0.480 e. The zero-order chi connectivity index (χ0) is 28.1. The van der Waals surface area contributed by atoms with Crippen LogP contribution in [0.2, 0.25) is 0 Å². The predicted molar refractivity (Wildman–Crippen MR) is 138 cm³/mol. The second kappa shape index (κ2) is 16.0. The van der Waals surface area contributed by atoms with E-state index in [1.165, 1.54) is 31.2 Å². The van der Waals surface area contributed by atoms with Crippen LogP contribution in [-0.2, 0) is 30.3 Å². The van der Waals surface area contributed by atoms with Gasteiger partial charge in [-0.1, -0.05) is 59.1 Å². The lowest BCUT2D eigenvalue weighted by molar-refractivity contribution is -0.156. The molecule has 0 aliphatic rings. The number of carboxylic acid groups (broad SMARTS) is 1. The van der Waals surface area contributed by atoms with E-state index in [9.17, 15) is 23.6 Å². The molecule has 6 atom stereocenters. The number of benzene rings is 1. The van der Waals surface area contributed by atoms with E-state index in [4.69, 9.17) is 15.6 Å². The zero-order valence-electron chi connectivity index (χ0n) is 22.5. The van der Waals surface area contributed by atoms with Crippen molar-refractivity contribution >= 4 is 23.8 Å². The number of halogens is 1. The molecule has 0 aliphatic heterocycles. The van der Waals surface area contributed by atoms with Crippen molar-refractivity contribution in [2.75, 3.05) is 0 Å². The van der Waals surface area contributed by atoms with Crippen LogP contribution in [0.4, 0.5) is 4.39 Å². The first-order chi connectivity index (χ1) is 17.4. The summed E-state index contributed by atoms with van der Waals surface area (Å²) in [7, 11) is 0. The average Bonchev–Trinajstić information content (AvgIpc) is 2.86. The molecule has 0 aromatic heterocycles. The highest BCUT2D eigenvalue weighted by molar-refractivity contribution is 5.90. The molecule has 1 rings (SSSR count). The van der Waals surface area contributed by atoms with Crippen molar-refractivity contribution in [3.63, 3.8) is 0 Å². The van der Waals surface area contributed by atoms with E-state index in [1.807, 2.05) is 27.7 Å². The number of esters is 1. The molecule has 0 saturated carbocycles. The number of carboxylic acids is 1. The number of hydrogen-bond donors (Lipinski definition) is 4. The number of ether oxygens (including phenoxy) is 1. The second-order valence-corrected chi connectivity index (χ2v) is 9.73. The van der Waals surface area contributed by atoms with Gasteiger partial charge >= 0.3 is 11.9 Å². The van der Waals surface area contributed by atoms with Crippen LogP contribution in [0, 0.1) is 17.7 Å². The van der Waals surface area contributed by atoms with Gasteiger partial charge in [-0.3, -0.25) is 19.2 Å². The van der Waals surface area contributed by atoms with E-state index in [1.54, 1.807) is 0 Å². The van der Waals surface area contributed by atoms with Gasteiger partial charge in [-0.05, 0) is 42.9 Å². The van der Waals surface area contributed by atoms with Gasteiger partial charge in [-0.15, -0.1) is 0 Å². The first kappa shape index (κ1) is 32.0. The summed E-state index contributed by atoms with van der Waals surface area (Å²) in [5.74, 6) is -3.71. The van der Waals surface area contributed by atoms with E-state index in [2.05, 4.69) is 10.6 Å². The number of nitrogens with two attached hydrogens (primary N) is 1. The van der Waals surface area contributed by atoms with Gasteiger partial charge in [0.1, 0.15) is 30.0 Å². The highest BCUT2D eigenvalue weighted by Crippen LogP contribution is 2.20. The first-order valence-corrected chi connectivity index (χ1v) is 12.9. The molecule has 0 bridgehead atoms. The highest BCUT2D eigenvalue weighted by atomic mass is 19.1. The smallest absolute Gasteiger partial charge is 0.325 e. The van der Waals surface area contributed by atoms with Gasteiger partial charge in [-0.25, -0.2) is 4.39 Å². The molecule has 208 valence electrons. The summed E-state index contributed by atoms with van der Waals surface area (Å²) in [4.78, 5) is 49.8. The minimum absolute atomic E-state index is 0.0128. The molecule has 0 aliphatic carbocycles. The number of unbranched alkanes of at least 4 members (excludes halogenated alkanes) is 1. The molecule has 0 radical (unpaired) electrons. The minimum Gasteiger partial charge on any atom is -0.480 e. The molecular formula is C27H42FN3O6. The SMILES string of the molecule is CCCC[C@H](C)[C@H](CC(=O)N[C@@H](Cc1ccc(F)cc1)C(=O)N[C@@H](C)C(=O)O)OC(=O)[C@H](N)[C@@H](C)CC. The summed E-state index contributed by atoms with van der Waals surface area (Å²) in [6.07, 6.45) is 2.33. The maximum atomic E-state index is 13.3. The van der Waals surface area contributed by atoms with Gasteiger partial charge in [-0.2, -0.15) is 0 Å². The Kier molecular flexibility index (Phi) is 13.8. The number of amides is 2. The maximum absolute atomic E-state index is 13.3. The van der Waals surface area contributed by atoms with Crippen LogP contribution in [0.25, 0.3) is 0 Å². The molecule has 2 amide bonds. The lowest BCUT2D eigenvalue weighted by Gasteiger charge is -2.27. The van der Waals surface area contributed by atoms with Crippen molar-refractivity contribution in [2.24, 2.45) is 17.6 Å². The van der Waals surface area contributed by atoms with Crippen LogP contribution in [0.3, 0.4) is 0 Å². The maximum Gasteiger partial charge on any atom is 0.325 e. The first-order valence-electron chi connectivity index (χ1n) is 12.9. The molecule has 10 heteroatoms. The Morgan fingerprint density at radius 1 is 1.03 bits per heavy atom. The van der Waals surface area contributed by atoms with Gasteiger partial charge in [0.2, 0.25) is 11.8 Å². The Bertz CT molecular complexity index is 895. The average molecular weight is 524 g/mol. The van der Waals surface area contributed by atoms with E-state index in [0.29, 0.717) is 12.0 Å². The standard InChI is InChI=1S/C27H42FN3O6/c1-6-8-9-17(4)22(37-27(36)24(29)16(3)7-2)15-23(32)31-21(25(33)30-18(5)26(34)35)14-19-10-12-20(28)13-11-19/h10-13,16-18,21-22,24H,6-9,14-15,29H2,1-5H3,(H,30,33)(H,31,32)(H,34,35)/t16-,17-,18-,21-,22-,24+/m0/s1. The van der Waals surface area contributed by atoms with Crippen molar-refractivity contribution in [1.82, 2.24) is 10.6 Å². The molecule has 9 nitrogen and oxygen atoms in total. The fourth-order valence-corrected chi connectivity index (χ4v) is 3.66. The summed E-state index contributed by atoms with van der Waals surface area (Å²) in [6, 6.07) is 2.32. The highest BCUT2D eigenvalue weighted by Gasteiger charge is 2.31. The summed E-state index contributed by atoms with van der Waals surface area (Å²) in [5, 5.41) is 14.1. The van der Waals surface area contributed by atoms with Gasteiger partial charge in [0.15, 0.2) is 0 Å². The molecule has 0 heterocycles. The number of carbonyl (C=O) groups is 4. The van der Waals surface area contributed by atoms with Crippen LogP contribution >= 0.6 is 0 Å². The van der Waals surface area contributed by atoms with Crippen LogP contribution in [0.5, 0.6) is 0 Å². The van der Waals surface area contributed by atoms with Crippen molar-refractivity contribution in [3.05, 3.63) is 35.6 Å². The molecule has 0 spiro atoms. The van der Waals surface area contributed by atoms with E-state index < -0.39 is 53.8 Å². The van der Waals surface area contributed by atoms with E-state index in [-0.39, 0.29) is 24.7 Å². The Labute approximate surface area is 218 Å². The molecule has 37 heavy (non-hydrogen) atoms. The molecule has 1 aromatic carbocycles.